The molecule has 60 heavy (non-hydrogen) atoms. The molecular formula is C45H43Cl2F2N3O8. The van der Waals surface area contributed by atoms with Crippen LogP contribution in [0.5, 0.6) is 17.2 Å². The number of esters is 1. The highest BCUT2D eigenvalue weighted by Crippen LogP contribution is 2.38. The summed E-state index contributed by atoms with van der Waals surface area (Å²) < 4.78 is 61.1. The monoisotopic (exact) mass is 861 g/mol. The van der Waals surface area contributed by atoms with Crippen molar-refractivity contribution in [1.29, 1.82) is 0 Å². The Morgan fingerprint density at radius 2 is 1.62 bits per heavy atom. The summed E-state index contributed by atoms with van der Waals surface area (Å²) in [4.78, 5) is 33.3. The smallest absolute Gasteiger partial charge is 0.408 e. The van der Waals surface area contributed by atoms with Gasteiger partial charge in [0, 0.05) is 25.4 Å². The van der Waals surface area contributed by atoms with Crippen molar-refractivity contribution < 1.29 is 46.5 Å². The summed E-state index contributed by atoms with van der Waals surface area (Å²) in [6, 6.07) is 23.9. The summed E-state index contributed by atoms with van der Waals surface area (Å²) in [5.41, 5.74) is 2.54. The highest BCUT2D eigenvalue weighted by molar-refractivity contribution is 6.35. The lowest BCUT2D eigenvalue weighted by atomic mass is 9.86. The van der Waals surface area contributed by atoms with Crippen LogP contribution in [0.25, 0.3) is 0 Å². The van der Waals surface area contributed by atoms with Crippen molar-refractivity contribution in [3.63, 3.8) is 0 Å². The van der Waals surface area contributed by atoms with Gasteiger partial charge in [-0.05, 0) is 109 Å². The predicted molar refractivity (Wildman–Crippen MR) is 218 cm³/mol. The number of amides is 1. The number of carbonyl (C=O) groups excluding carboxylic acids is 2. The second kappa shape index (κ2) is 18.9. The number of alkyl halides is 2. The fraction of sp³-hybridized carbons (Fsp3) is 0.356. The average Bonchev–Trinajstić information content (AvgIpc) is 3.97. The second-order valence-corrected chi connectivity index (χ2v) is 16.0. The van der Waals surface area contributed by atoms with Crippen molar-refractivity contribution in [2.24, 2.45) is 11.8 Å². The summed E-state index contributed by atoms with van der Waals surface area (Å²) in [5, 5.41) is 3.59. The van der Waals surface area contributed by atoms with E-state index in [1.807, 2.05) is 48.5 Å². The molecule has 5 aromatic rings. The van der Waals surface area contributed by atoms with E-state index >= 15 is 0 Å². The maximum Gasteiger partial charge on any atom is 0.408 e. The minimum absolute atomic E-state index is 0.0202. The first-order chi connectivity index (χ1) is 29.1. The Labute approximate surface area is 355 Å². The molecule has 0 unspecified atom stereocenters. The third-order valence-electron chi connectivity index (χ3n) is 11.0. The largest absolute Gasteiger partial charge is 0.489 e. The van der Waals surface area contributed by atoms with Crippen LogP contribution in [0.1, 0.15) is 76.4 Å². The Balaban J connectivity index is 0.955. The lowest BCUT2D eigenvalue weighted by molar-refractivity contribution is -0.0515. The number of alkyl carbamates (subject to hydrolysis) is 1. The van der Waals surface area contributed by atoms with Crippen LogP contribution in [0.4, 0.5) is 13.6 Å². The number of pyridine rings is 1. The molecule has 1 saturated carbocycles. The number of ether oxygens (including phenoxy) is 5. The van der Waals surface area contributed by atoms with Gasteiger partial charge >= 0.3 is 18.7 Å². The van der Waals surface area contributed by atoms with E-state index < -0.39 is 30.8 Å². The van der Waals surface area contributed by atoms with Crippen molar-refractivity contribution >= 4 is 35.3 Å². The van der Waals surface area contributed by atoms with Gasteiger partial charge in [-0.2, -0.15) is 8.78 Å². The zero-order valence-corrected chi connectivity index (χ0v) is 34.0. The van der Waals surface area contributed by atoms with Crippen LogP contribution in [0.2, 0.25) is 10.0 Å². The highest BCUT2D eigenvalue weighted by Gasteiger charge is 2.37. The number of piperidine rings is 3. The van der Waals surface area contributed by atoms with E-state index in [-0.39, 0.29) is 46.4 Å². The molecule has 9 rings (SSSR count). The van der Waals surface area contributed by atoms with Gasteiger partial charge in [0.05, 0.1) is 22.7 Å². The van der Waals surface area contributed by atoms with Gasteiger partial charge < -0.3 is 33.4 Å². The molecule has 0 radical (unpaired) electrons. The number of carbonyl (C=O) groups is 2. The minimum atomic E-state index is -3.07. The number of aromatic nitrogens is 1. The average molecular weight is 863 g/mol. The summed E-state index contributed by atoms with van der Waals surface area (Å²) >= 11 is 12.9. The maximum atomic E-state index is 13.7. The van der Waals surface area contributed by atoms with E-state index in [2.05, 4.69) is 15.2 Å². The predicted octanol–water partition coefficient (Wildman–Crippen LogP) is 10.0. The third kappa shape index (κ3) is 10.5. The summed E-state index contributed by atoms with van der Waals surface area (Å²) in [6.07, 6.45) is 5.28. The molecule has 4 fully saturated rings. The number of hydrogen-bond acceptors (Lipinski definition) is 10. The molecule has 0 spiro atoms. The normalized spacial score (nSPS) is 19.3. The number of halogens is 4. The van der Waals surface area contributed by atoms with E-state index in [9.17, 15) is 18.4 Å². The Morgan fingerprint density at radius 3 is 2.33 bits per heavy atom. The van der Waals surface area contributed by atoms with Crippen LogP contribution >= 0.6 is 23.2 Å². The number of benzene rings is 3. The summed E-state index contributed by atoms with van der Waals surface area (Å²) in [7, 11) is 0. The Bertz CT molecular complexity index is 2250. The van der Waals surface area contributed by atoms with Gasteiger partial charge in [-0.15, -0.1) is 0 Å². The lowest BCUT2D eigenvalue weighted by Gasteiger charge is -2.43. The van der Waals surface area contributed by atoms with Crippen LogP contribution < -0.4 is 19.5 Å². The van der Waals surface area contributed by atoms with Crippen molar-refractivity contribution in [2.45, 2.75) is 63.6 Å². The standard InChI is InChI=1S/C45H43Cl2F2N3O8/c46-35-22-50-23-36(47)34(35)21-39(30-11-13-37(59-44(48)49)40(20-30)56-25-27-9-10-27)58-43(53)38-14-12-33(57-38)26-55-32-8-4-7-31(19-32)42(29-5-2-1-3-6-29)51-45(54)60-41-24-52-17-15-28(41)16-18-52/h1-8,11-14,19-20,22-23,27-28,39,41-42,44H,9-10,15-18,21,24-26H2,(H,51,54)/t39-,41-,42-/m0/s1. The molecule has 3 atom stereocenters. The fourth-order valence-corrected chi connectivity index (χ4v) is 8.12. The molecule has 314 valence electrons. The molecule has 1 amide bonds. The zero-order valence-electron chi connectivity index (χ0n) is 32.4. The molecule has 5 heterocycles. The van der Waals surface area contributed by atoms with Crippen LogP contribution in [0.15, 0.2) is 102 Å². The fourth-order valence-electron chi connectivity index (χ4n) is 7.60. The van der Waals surface area contributed by atoms with Crippen LogP contribution in [0, 0.1) is 11.8 Å². The SMILES string of the molecule is O=C(N[C@@H](c1ccccc1)c1cccc(OCc2ccc(C(=O)O[C@@H](Cc3c(Cl)cncc3Cl)c3ccc(OC(F)F)c(OCC4CC4)c3)o2)c1)O[C@H]1CN2CCC1CC2. The topological polar surface area (TPSA) is 122 Å². The molecule has 3 aromatic carbocycles. The molecule has 2 aromatic heterocycles. The van der Waals surface area contributed by atoms with Crippen molar-refractivity contribution in [1.82, 2.24) is 15.2 Å². The number of nitrogens with zero attached hydrogens (tertiary/aromatic N) is 2. The van der Waals surface area contributed by atoms with E-state index in [0.717, 1.165) is 56.4 Å². The molecule has 1 aliphatic carbocycles. The maximum absolute atomic E-state index is 13.7. The number of nitrogens with one attached hydrogen (secondary N) is 1. The third-order valence-corrected chi connectivity index (χ3v) is 11.7. The second-order valence-electron chi connectivity index (χ2n) is 15.2. The first-order valence-electron chi connectivity index (χ1n) is 19.9. The van der Waals surface area contributed by atoms with Crippen LogP contribution in [0.3, 0.4) is 0 Å². The van der Waals surface area contributed by atoms with Crippen molar-refractivity contribution in [3.05, 3.63) is 141 Å². The molecule has 1 N–H and O–H groups in total. The minimum Gasteiger partial charge on any atom is -0.489 e. The highest BCUT2D eigenvalue weighted by atomic mass is 35.5. The van der Waals surface area contributed by atoms with Crippen LogP contribution in [-0.2, 0) is 22.5 Å². The number of fused-ring (bicyclic) bond motifs is 3. The molecule has 4 aliphatic rings. The Morgan fingerprint density at radius 1 is 0.850 bits per heavy atom. The number of rotatable bonds is 17. The van der Waals surface area contributed by atoms with E-state index in [0.29, 0.717) is 41.1 Å². The molecule has 2 bridgehead atoms. The van der Waals surface area contributed by atoms with Gasteiger partial charge in [0.15, 0.2) is 11.5 Å². The van der Waals surface area contributed by atoms with E-state index in [1.165, 1.54) is 36.7 Å². The van der Waals surface area contributed by atoms with Crippen molar-refractivity contribution in [2.75, 3.05) is 26.2 Å². The van der Waals surface area contributed by atoms with E-state index in [1.54, 1.807) is 12.1 Å². The van der Waals surface area contributed by atoms with Crippen LogP contribution in [-0.4, -0.2) is 60.9 Å². The van der Waals surface area contributed by atoms with Gasteiger partial charge in [-0.1, -0.05) is 71.7 Å². The summed E-state index contributed by atoms with van der Waals surface area (Å²) in [5.74, 6) is 0.596. The molecule has 15 heteroatoms. The lowest BCUT2D eigenvalue weighted by Crippen LogP contribution is -2.52. The van der Waals surface area contributed by atoms with Gasteiger partial charge in [0.2, 0.25) is 5.76 Å². The summed E-state index contributed by atoms with van der Waals surface area (Å²) in [6.45, 7) is 0.0836. The Kier molecular flexibility index (Phi) is 13.0. The first-order valence-corrected chi connectivity index (χ1v) is 20.7. The van der Waals surface area contributed by atoms with Gasteiger partial charge in [0.25, 0.3) is 0 Å². The quantitative estimate of drug-likeness (QED) is 0.0905. The number of hydrogen-bond donors (Lipinski definition) is 1. The van der Waals surface area contributed by atoms with E-state index in [4.69, 9.17) is 51.3 Å². The zero-order chi connectivity index (χ0) is 41.6. The first kappa shape index (κ1) is 41.4. The molecule has 3 saturated heterocycles. The molecule has 11 nitrogen and oxygen atoms in total. The Hall–Kier alpha value is -5.37. The van der Waals surface area contributed by atoms with Crippen molar-refractivity contribution in [3.8, 4) is 17.2 Å². The number of furan rings is 1. The van der Waals surface area contributed by atoms with Gasteiger partial charge in [-0.3, -0.25) is 9.88 Å². The molecular weight excluding hydrogens is 819 g/mol. The van der Waals surface area contributed by atoms with Gasteiger partial charge in [-0.25, -0.2) is 9.59 Å². The molecule has 3 aliphatic heterocycles. The van der Waals surface area contributed by atoms with Gasteiger partial charge in [0.1, 0.15) is 30.3 Å².